The molecule has 0 fully saturated rings. The van der Waals surface area contributed by atoms with Crippen molar-refractivity contribution in [2.45, 2.75) is 59.2 Å². The molecule has 0 unspecified atom stereocenters. The summed E-state index contributed by atoms with van der Waals surface area (Å²) >= 11 is 1.61. The first-order valence-corrected chi connectivity index (χ1v) is 7.59. The number of ether oxygens (including phenoxy) is 1. The maximum absolute atomic E-state index is 12.4. The zero-order chi connectivity index (χ0) is 15.6. The van der Waals surface area contributed by atoms with Crippen LogP contribution < -0.4 is 0 Å². The molecule has 114 valence electrons. The number of rotatable bonds is 4. The summed E-state index contributed by atoms with van der Waals surface area (Å²) in [7, 11) is 0. The minimum Gasteiger partial charge on any atom is -0.444 e. The normalized spacial score (nSPS) is 12.3. The highest BCUT2D eigenvalue weighted by Gasteiger charge is 2.34. The van der Waals surface area contributed by atoms with Gasteiger partial charge in [0.15, 0.2) is 0 Å². The number of aryl methyl sites for hydroxylation is 1. The van der Waals surface area contributed by atoms with E-state index in [0.29, 0.717) is 6.54 Å². The maximum atomic E-state index is 12.4. The van der Waals surface area contributed by atoms with E-state index in [-0.39, 0.29) is 6.61 Å². The van der Waals surface area contributed by atoms with Crippen molar-refractivity contribution < 1.29 is 14.6 Å². The summed E-state index contributed by atoms with van der Waals surface area (Å²) in [6.07, 6.45) is -0.399. The van der Waals surface area contributed by atoms with E-state index in [1.165, 1.54) is 0 Å². The number of aliphatic hydroxyl groups excluding tert-OH is 1. The largest absolute Gasteiger partial charge is 0.444 e. The zero-order valence-corrected chi connectivity index (χ0v) is 14.0. The van der Waals surface area contributed by atoms with Gasteiger partial charge in [0, 0.05) is 4.88 Å². The van der Waals surface area contributed by atoms with Crippen LogP contribution >= 0.6 is 11.3 Å². The molecule has 5 heteroatoms. The van der Waals surface area contributed by atoms with E-state index < -0.39 is 17.2 Å². The molecule has 1 rings (SSSR count). The van der Waals surface area contributed by atoms with Crippen molar-refractivity contribution in [2.24, 2.45) is 0 Å². The van der Waals surface area contributed by atoms with Crippen molar-refractivity contribution in [1.29, 1.82) is 0 Å². The Labute approximate surface area is 125 Å². The average molecular weight is 299 g/mol. The maximum Gasteiger partial charge on any atom is 0.411 e. The van der Waals surface area contributed by atoms with Gasteiger partial charge in [-0.2, -0.15) is 0 Å². The van der Waals surface area contributed by atoms with Gasteiger partial charge in [-0.1, -0.05) is 0 Å². The fraction of sp³-hybridized carbons (Fsp3) is 0.667. The van der Waals surface area contributed by atoms with Gasteiger partial charge >= 0.3 is 6.09 Å². The Bertz CT molecular complexity index is 460. The second kappa shape index (κ2) is 6.14. The summed E-state index contributed by atoms with van der Waals surface area (Å²) in [4.78, 5) is 15.1. The van der Waals surface area contributed by atoms with Crippen LogP contribution in [0.1, 0.15) is 45.1 Å². The Balaban J connectivity index is 2.98. The van der Waals surface area contributed by atoms with Crippen molar-refractivity contribution in [3.05, 3.63) is 21.9 Å². The van der Waals surface area contributed by atoms with Gasteiger partial charge in [0.1, 0.15) is 5.60 Å². The van der Waals surface area contributed by atoms with Crippen LogP contribution in [0.15, 0.2) is 11.4 Å². The van der Waals surface area contributed by atoms with Crippen molar-refractivity contribution in [3.8, 4) is 0 Å². The van der Waals surface area contributed by atoms with Gasteiger partial charge in [-0.05, 0) is 58.6 Å². The van der Waals surface area contributed by atoms with Crippen LogP contribution in [0, 0.1) is 6.92 Å². The van der Waals surface area contributed by atoms with Crippen molar-refractivity contribution in [2.75, 3.05) is 6.61 Å². The van der Waals surface area contributed by atoms with E-state index in [9.17, 15) is 9.90 Å². The van der Waals surface area contributed by atoms with Crippen molar-refractivity contribution in [1.82, 2.24) is 4.90 Å². The van der Waals surface area contributed by atoms with Gasteiger partial charge in [0.05, 0.1) is 18.7 Å². The predicted octanol–water partition coefficient (Wildman–Crippen LogP) is 3.56. The van der Waals surface area contributed by atoms with Gasteiger partial charge < -0.3 is 9.84 Å². The molecule has 0 aliphatic heterocycles. The summed E-state index contributed by atoms with van der Waals surface area (Å²) in [5, 5.41) is 11.6. The van der Waals surface area contributed by atoms with Gasteiger partial charge in [-0.15, -0.1) is 11.3 Å². The lowest BCUT2D eigenvalue weighted by atomic mass is 10.0. The molecule has 0 saturated heterocycles. The second-order valence-electron chi connectivity index (χ2n) is 6.56. The van der Waals surface area contributed by atoms with Crippen LogP contribution in [0.4, 0.5) is 4.79 Å². The number of nitrogens with zero attached hydrogens (tertiary/aromatic N) is 1. The Morgan fingerprint density at radius 1 is 1.35 bits per heavy atom. The first kappa shape index (κ1) is 17.0. The quantitative estimate of drug-likeness (QED) is 0.924. The van der Waals surface area contributed by atoms with E-state index in [1.807, 2.05) is 53.0 Å². The molecule has 1 heterocycles. The molecule has 0 spiro atoms. The van der Waals surface area contributed by atoms with E-state index in [2.05, 4.69) is 0 Å². The summed E-state index contributed by atoms with van der Waals surface area (Å²) < 4.78 is 5.46. The molecule has 0 aromatic carbocycles. The second-order valence-corrected chi connectivity index (χ2v) is 7.56. The number of carbonyl (C=O) groups is 1. The standard InChI is InChI=1S/C15H25NO3S/c1-11-7-8-20-12(11)9-16(15(5,6)10-17)13(18)19-14(2,3)4/h7-8,17H,9-10H2,1-6H3. The highest BCUT2D eigenvalue weighted by atomic mass is 32.1. The molecule has 0 atom stereocenters. The van der Waals surface area contributed by atoms with E-state index in [1.54, 1.807) is 16.2 Å². The fourth-order valence-electron chi connectivity index (χ4n) is 1.64. The topological polar surface area (TPSA) is 49.8 Å². The Morgan fingerprint density at radius 3 is 2.35 bits per heavy atom. The minimum atomic E-state index is -0.668. The number of hydrogen-bond donors (Lipinski definition) is 1. The van der Waals surface area contributed by atoms with Crippen LogP contribution in [0.3, 0.4) is 0 Å². The molecule has 1 N–H and O–H groups in total. The number of carbonyl (C=O) groups excluding carboxylic acids is 1. The summed E-state index contributed by atoms with van der Waals surface area (Å²) in [6, 6.07) is 2.03. The third-order valence-corrected chi connectivity index (χ3v) is 4.01. The van der Waals surface area contributed by atoms with Crippen molar-refractivity contribution >= 4 is 17.4 Å². The SMILES string of the molecule is Cc1ccsc1CN(C(=O)OC(C)(C)C)C(C)(C)CO. The van der Waals surface area contributed by atoms with E-state index in [0.717, 1.165) is 10.4 Å². The molecule has 4 nitrogen and oxygen atoms in total. The van der Waals surface area contributed by atoms with Crippen LogP contribution in [0.2, 0.25) is 0 Å². The molecule has 0 bridgehead atoms. The molecule has 0 radical (unpaired) electrons. The predicted molar refractivity (Wildman–Crippen MR) is 82.0 cm³/mol. The Morgan fingerprint density at radius 2 is 1.95 bits per heavy atom. The third kappa shape index (κ3) is 4.49. The van der Waals surface area contributed by atoms with E-state index in [4.69, 9.17) is 4.74 Å². The lowest BCUT2D eigenvalue weighted by molar-refractivity contribution is -0.0118. The molecule has 1 aromatic rings. The van der Waals surface area contributed by atoms with Gasteiger partial charge in [-0.25, -0.2) is 4.79 Å². The van der Waals surface area contributed by atoms with Gasteiger partial charge in [0.25, 0.3) is 0 Å². The Kier molecular flexibility index (Phi) is 5.21. The summed E-state index contributed by atoms with van der Waals surface area (Å²) in [6.45, 7) is 11.5. The Hall–Kier alpha value is -1.07. The molecule has 0 aliphatic rings. The molecular formula is C15H25NO3S. The third-order valence-electron chi connectivity index (χ3n) is 3.00. The number of hydrogen-bond acceptors (Lipinski definition) is 4. The first-order chi connectivity index (χ1) is 9.07. The van der Waals surface area contributed by atoms with Crippen LogP contribution in [-0.4, -0.2) is 33.8 Å². The monoisotopic (exact) mass is 299 g/mol. The van der Waals surface area contributed by atoms with Crippen LogP contribution in [-0.2, 0) is 11.3 Å². The first-order valence-electron chi connectivity index (χ1n) is 6.71. The van der Waals surface area contributed by atoms with Crippen molar-refractivity contribution in [3.63, 3.8) is 0 Å². The molecule has 1 aromatic heterocycles. The van der Waals surface area contributed by atoms with Crippen LogP contribution in [0.25, 0.3) is 0 Å². The molecule has 0 aliphatic carbocycles. The number of thiophene rings is 1. The average Bonchev–Trinajstić information content (AvgIpc) is 2.69. The van der Waals surface area contributed by atoms with Gasteiger partial charge in [0.2, 0.25) is 0 Å². The molecular weight excluding hydrogens is 274 g/mol. The lowest BCUT2D eigenvalue weighted by Crippen LogP contribution is -2.51. The number of aliphatic hydroxyl groups is 1. The molecule has 20 heavy (non-hydrogen) atoms. The zero-order valence-electron chi connectivity index (χ0n) is 13.2. The number of amides is 1. The fourth-order valence-corrected chi connectivity index (χ4v) is 2.53. The van der Waals surface area contributed by atoms with E-state index >= 15 is 0 Å². The minimum absolute atomic E-state index is 0.114. The highest BCUT2D eigenvalue weighted by Crippen LogP contribution is 2.25. The highest BCUT2D eigenvalue weighted by molar-refractivity contribution is 7.10. The smallest absolute Gasteiger partial charge is 0.411 e. The van der Waals surface area contributed by atoms with Gasteiger partial charge in [-0.3, -0.25) is 4.90 Å². The summed E-state index contributed by atoms with van der Waals surface area (Å²) in [5.41, 5.74) is -0.0679. The lowest BCUT2D eigenvalue weighted by Gasteiger charge is -2.38. The van der Waals surface area contributed by atoms with Crippen LogP contribution in [0.5, 0.6) is 0 Å². The molecule has 1 amide bonds. The molecule has 0 saturated carbocycles. The summed E-state index contributed by atoms with van der Waals surface area (Å²) in [5.74, 6) is 0.